The molecule has 2 N–H and O–H groups in total. The Hall–Kier alpha value is -1.56. The molecule has 128 valence electrons. The van der Waals surface area contributed by atoms with Gasteiger partial charge in [0.05, 0.1) is 0 Å². The number of guanidine groups is 1. The Morgan fingerprint density at radius 2 is 1.54 bits per heavy atom. The molecule has 24 heavy (non-hydrogen) atoms. The summed E-state index contributed by atoms with van der Waals surface area (Å²) < 4.78 is 0. The third-order valence-corrected chi connectivity index (χ3v) is 4.55. The van der Waals surface area contributed by atoms with E-state index in [-0.39, 0.29) is 24.0 Å². The van der Waals surface area contributed by atoms with Crippen molar-refractivity contribution in [3.8, 4) is 0 Å². The Labute approximate surface area is 162 Å². The summed E-state index contributed by atoms with van der Waals surface area (Å²) in [5.74, 6) is 1.03. The van der Waals surface area contributed by atoms with Crippen molar-refractivity contribution in [3.05, 3.63) is 71.8 Å². The molecule has 0 heterocycles. The Bertz CT molecular complexity index is 599. The van der Waals surface area contributed by atoms with Gasteiger partial charge in [0.15, 0.2) is 5.96 Å². The molecule has 0 aliphatic heterocycles. The highest BCUT2D eigenvalue weighted by atomic mass is 127. The highest BCUT2D eigenvalue weighted by molar-refractivity contribution is 14.0. The van der Waals surface area contributed by atoms with Crippen molar-refractivity contribution in [1.29, 1.82) is 0 Å². The molecule has 0 bridgehead atoms. The van der Waals surface area contributed by atoms with E-state index in [0.717, 1.165) is 13.0 Å². The maximum atomic E-state index is 6.10. The number of aliphatic imine (C=N–C) groups is 1. The maximum absolute atomic E-state index is 6.10. The zero-order chi connectivity index (χ0) is 16.1. The predicted octanol–water partition coefficient (Wildman–Crippen LogP) is 4.24. The van der Waals surface area contributed by atoms with Crippen LogP contribution in [-0.4, -0.2) is 30.5 Å². The number of hydrogen-bond donors (Lipinski definition) is 1. The summed E-state index contributed by atoms with van der Waals surface area (Å²) in [5.41, 5.74) is 8.77. The van der Waals surface area contributed by atoms with E-state index in [0.29, 0.717) is 17.9 Å². The van der Waals surface area contributed by atoms with Gasteiger partial charge in [-0.05, 0) is 30.4 Å². The first-order chi connectivity index (χ1) is 11.3. The smallest absolute Gasteiger partial charge is 0.191 e. The summed E-state index contributed by atoms with van der Waals surface area (Å²) in [7, 11) is 2.04. The highest BCUT2D eigenvalue weighted by Crippen LogP contribution is 2.28. The fourth-order valence-electron chi connectivity index (χ4n) is 2.97. The van der Waals surface area contributed by atoms with E-state index in [4.69, 9.17) is 5.73 Å². The summed E-state index contributed by atoms with van der Waals surface area (Å²) in [6.07, 6.45) is 3.44. The topological polar surface area (TPSA) is 41.6 Å². The van der Waals surface area contributed by atoms with Crippen LogP contribution in [0.3, 0.4) is 0 Å². The lowest BCUT2D eigenvalue weighted by atomic mass is 9.89. The van der Waals surface area contributed by atoms with Gasteiger partial charge in [-0.2, -0.15) is 0 Å². The summed E-state index contributed by atoms with van der Waals surface area (Å²) >= 11 is 0. The molecule has 0 saturated heterocycles. The molecule has 3 rings (SSSR count). The van der Waals surface area contributed by atoms with Crippen molar-refractivity contribution in [2.24, 2.45) is 10.7 Å². The Morgan fingerprint density at radius 1 is 1.04 bits per heavy atom. The van der Waals surface area contributed by atoms with Gasteiger partial charge in [-0.3, -0.25) is 4.99 Å². The van der Waals surface area contributed by atoms with Crippen LogP contribution in [-0.2, 0) is 0 Å². The minimum atomic E-state index is 0. The Morgan fingerprint density at radius 3 is 2.00 bits per heavy atom. The van der Waals surface area contributed by atoms with E-state index in [1.807, 2.05) is 7.05 Å². The van der Waals surface area contributed by atoms with Crippen LogP contribution in [0.15, 0.2) is 65.7 Å². The van der Waals surface area contributed by atoms with E-state index < -0.39 is 0 Å². The number of nitrogens with two attached hydrogens (primary N) is 1. The zero-order valence-corrected chi connectivity index (χ0v) is 16.5. The van der Waals surface area contributed by atoms with Gasteiger partial charge in [-0.25, -0.2) is 0 Å². The van der Waals surface area contributed by atoms with E-state index in [2.05, 4.69) is 70.6 Å². The first-order valence-electron chi connectivity index (χ1n) is 8.38. The van der Waals surface area contributed by atoms with Crippen molar-refractivity contribution in [2.45, 2.75) is 31.2 Å². The second kappa shape index (κ2) is 9.06. The summed E-state index contributed by atoms with van der Waals surface area (Å²) in [5, 5.41) is 0. The van der Waals surface area contributed by atoms with Crippen LogP contribution < -0.4 is 5.73 Å². The molecule has 1 aliphatic carbocycles. The average molecular weight is 435 g/mol. The minimum absolute atomic E-state index is 0. The van der Waals surface area contributed by atoms with Crippen LogP contribution in [0.4, 0.5) is 0 Å². The third kappa shape index (κ3) is 4.97. The molecular weight excluding hydrogens is 409 g/mol. The van der Waals surface area contributed by atoms with Gasteiger partial charge in [0.1, 0.15) is 0 Å². The normalized spacial score (nSPS) is 14.3. The molecule has 2 aromatic carbocycles. The third-order valence-electron chi connectivity index (χ3n) is 4.55. The molecule has 0 amide bonds. The van der Waals surface area contributed by atoms with Crippen molar-refractivity contribution in [3.63, 3.8) is 0 Å². The van der Waals surface area contributed by atoms with Gasteiger partial charge in [-0.1, -0.05) is 60.7 Å². The second-order valence-electron chi connectivity index (χ2n) is 6.24. The van der Waals surface area contributed by atoms with Gasteiger partial charge >= 0.3 is 0 Å². The highest BCUT2D eigenvalue weighted by Gasteiger charge is 2.27. The molecule has 1 saturated carbocycles. The standard InChI is InChI=1S/C20H25N3.HI/c1-23(18-12-13-18)20(21)22-15-14-19(16-8-4-2-5-9-16)17-10-6-3-7-11-17;/h2-11,18-19H,12-15H2,1H3,(H2,21,22);1H. The summed E-state index contributed by atoms with van der Waals surface area (Å²) in [4.78, 5) is 6.71. The number of hydrogen-bond acceptors (Lipinski definition) is 1. The molecule has 3 nitrogen and oxygen atoms in total. The second-order valence-corrected chi connectivity index (χ2v) is 6.24. The summed E-state index contributed by atoms with van der Waals surface area (Å²) in [6.45, 7) is 0.747. The molecule has 4 heteroatoms. The molecule has 0 radical (unpaired) electrons. The molecule has 1 fully saturated rings. The Kier molecular flexibility index (Phi) is 7.09. The molecule has 2 aromatic rings. The molecule has 0 spiro atoms. The average Bonchev–Trinajstić information content (AvgIpc) is 3.44. The summed E-state index contributed by atoms with van der Waals surface area (Å²) in [6, 6.07) is 21.9. The van der Waals surface area contributed by atoms with Crippen LogP contribution in [0.5, 0.6) is 0 Å². The zero-order valence-electron chi connectivity index (χ0n) is 14.1. The van der Waals surface area contributed by atoms with Gasteiger partial charge in [-0.15, -0.1) is 24.0 Å². The molecule has 0 atom stereocenters. The lowest BCUT2D eigenvalue weighted by Crippen LogP contribution is -2.35. The number of halogens is 1. The maximum Gasteiger partial charge on any atom is 0.191 e. The lowest BCUT2D eigenvalue weighted by molar-refractivity contribution is 0.486. The molecular formula is C20H26IN3. The molecule has 0 aromatic heterocycles. The predicted molar refractivity (Wildman–Crippen MR) is 112 cm³/mol. The fourth-order valence-corrected chi connectivity index (χ4v) is 2.97. The van der Waals surface area contributed by atoms with Gasteiger partial charge in [0, 0.05) is 25.6 Å². The number of benzene rings is 2. The fraction of sp³-hybridized carbons (Fsp3) is 0.350. The van der Waals surface area contributed by atoms with Crippen molar-refractivity contribution < 1.29 is 0 Å². The van der Waals surface area contributed by atoms with Crippen molar-refractivity contribution in [1.82, 2.24) is 4.90 Å². The van der Waals surface area contributed by atoms with Crippen LogP contribution in [0.2, 0.25) is 0 Å². The Balaban J connectivity index is 0.00000208. The SMILES string of the molecule is CN(C(N)=NCCC(c1ccccc1)c1ccccc1)C1CC1.I. The van der Waals surface area contributed by atoms with Crippen LogP contribution in [0.25, 0.3) is 0 Å². The van der Waals surface area contributed by atoms with E-state index >= 15 is 0 Å². The van der Waals surface area contributed by atoms with Gasteiger partial charge in [0.25, 0.3) is 0 Å². The van der Waals surface area contributed by atoms with Gasteiger partial charge in [0.2, 0.25) is 0 Å². The van der Waals surface area contributed by atoms with E-state index in [1.54, 1.807) is 0 Å². The van der Waals surface area contributed by atoms with E-state index in [9.17, 15) is 0 Å². The van der Waals surface area contributed by atoms with Crippen molar-refractivity contribution in [2.75, 3.05) is 13.6 Å². The monoisotopic (exact) mass is 435 g/mol. The molecule has 1 aliphatic rings. The first-order valence-corrected chi connectivity index (χ1v) is 8.38. The van der Waals surface area contributed by atoms with Crippen molar-refractivity contribution >= 4 is 29.9 Å². The van der Waals surface area contributed by atoms with E-state index in [1.165, 1.54) is 24.0 Å². The molecule has 0 unspecified atom stereocenters. The minimum Gasteiger partial charge on any atom is -0.370 e. The van der Waals surface area contributed by atoms with Gasteiger partial charge < -0.3 is 10.6 Å². The largest absolute Gasteiger partial charge is 0.370 e. The van der Waals surface area contributed by atoms with Crippen LogP contribution >= 0.6 is 24.0 Å². The first kappa shape index (κ1) is 18.8. The van der Waals surface area contributed by atoms with Crippen LogP contribution in [0.1, 0.15) is 36.3 Å². The number of rotatable bonds is 6. The number of nitrogens with zero attached hydrogens (tertiary/aromatic N) is 2. The van der Waals surface area contributed by atoms with Crippen LogP contribution in [0, 0.1) is 0 Å². The quantitative estimate of drug-likeness (QED) is 0.419. The lowest BCUT2D eigenvalue weighted by Gasteiger charge is -2.19.